The summed E-state index contributed by atoms with van der Waals surface area (Å²) in [6.45, 7) is 0.918. The Bertz CT molecular complexity index is 542. The molecule has 0 aliphatic carbocycles. The molecule has 0 radical (unpaired) electrons. The van der Waals surface area contributed by atoms with E-state index in [2.05, 4.69) is 9.97 Å². The first-order chi connectivity index (χ1) is 9.90. The highest BCUT2D eigenvalue weighted by Crippen LogP contribution is 2.15. The van der Waals surface area contributed by atoms with E-state index in [-0.39, 0.29) is 6.61 Å². The van der Waals surface area contributed by atoms with Crippen molar-refractivity contribution in [2.75, 3.05) is 6.61 Å². The summed E-state index contributed by atoms with van der Waals surface area (Å²) in [5, 5.41) is 8.42. The quantitative estimate of drug-likeness (QED) is 0.793. The van der Waals surface area contributed by atoms with Crippen LogP contribution in [0.3, 0.4) is 0 Å². The van der Waals surface area contributed by atoms with Crippen LogP contribution in [0.15, 0.2) is 73.6 Å². The Kier molecular flexibility index (Phi) is 5.49. The molecule has 0 saturated heterocycles. The van der Waals surface area contributed by atoms with Crippen molar-refractivity contribution >= 4 is 0 Å². The summed E-state index contributed by atoms with van der Waals surface area (Å²) >= 11 is 0. The first kappa shape index (κ1) is 14.0. The highest BCUT2D eigenvalue weighted by molar-refractivity contribution is 5.61. The van der Waals surface area contributed by atoms with Gasteiger partial charge in [0.15, 0.2) is 0 Å². The van der Waals surface area contributed by atoms with Gasteiger partial charge in [0.25, 0.3) is 0 Å². The molecule has 0 unspecified atom stereocenters. The lowest BCUT2D eigenvalue weighted by molar-refractivity contribution is 0.276. The van der Waals surface area contributed by atoms with Crippen molar-refractivity contribution in [1.29, 1.82) is 0 Å². The number of rotatable bonds is 3. The van der Waals surface area contributed by atoms with Crippen LogP contribution >= 0.6 is 0 Å². The Morgan fingerprint density at radius 3 is 1.65 bits per heavy atom. The maximum absolute atomic E-state index is 8.42. The summed E-state index contributed by atoms with van der Waals surface area (Å²) in [4.78, 5) is 7.91. The Balaban J connectivity index is 0.000000160. The van der Waals surface area contributed by atoms with E-state index in [1.807, 2.05) is 53.4 Å². The summed E-state index contributed by atoms with van der Waals surface area (Å²) in [5.74, 6) is 0. The van der Waals surface area contributed by atoms with Gasteiger partial charge in [0.05, 0.1) is 6.61 Å². The van der Waals surface area contributed by atoms with Crippen molar-refractivity contribution in [3.8, 4) is 11.1 Å². The lowest BCUT2D eigenvalue weighted by Gasteiger charge is -1.97. The van der Waals surface area contributed by atoms with Gasteiger partial charge in [-0.3, -0.25) is 9.97 Å². The first-order valence-electron chi connectivity index (χ1n) is 6.42. The van der Waals surface area contributed by atoms with E-state index >= 15 is 0 Å². The molecule has 102 valence electrons. The molecule has 1 N–H and O–H groups in total. The zero-order chi connectivity index (χ0) is 14.0. The second-order valence-corrected chi connectivity index (χ2v) is 4.12. The van der Waals surface area contributed by atoms with Crippen LogP contribution in [0.5, 0.6) is 0 Å². The molecule has 0 amide bonds. The molecule has 3 aromatic rings. The molecule has 0 atom stereocenters. The van der Waals surface area contributed by atoms with Gasteiger partial charge in [0.2, 0.25) is 0 Å². The van der Waals surface area contributed by atoms with Crippen LogP contribution in [-0.2, 0) is 6.54 Å². The molecule has 3 rings (SSSR count). The lowest BCUT2D eigenvalue weighted by atomic mass is 10.1. The largest absolute Gasteiger partial charge is 0.395 e. The number of nitrogens with zero attached hydrogens (tertiary/aromatic N) is 3. The average Bonchev–Trinajstić information content (AvgIpc) is 3.03. The topological polar surface area (TPSA) is 50.9 Å². The minimum absolute atomic E-state index is 0.217. The summed E-state index contributed by atoms with van der Waals surface area (Å²) < 4.78 is 1.93. The van der Waals surface area contributed by atoms with Gasteiger partial charge in [-0.05, 0) is 47.5 Å². The van der Waals surface area contributed by atoms with Crippen LogP contribution in [0.4, 0.5) is 0 Å². The molecule has 0 fully saturated rings. The fraction of sp³-hybridized carbons (Fsp3) is 0.125. The van der Waals surface area contributed by atoms with E-state index in [1.165, 1.54) is 11.1 Å². The summed E-state index contributed by atoms with van der Waals surface area (Å²) in [6, 6.07) is 11.8. The maximum atomic E-state index is 8.42. The fourth-order valence-corrected chi connectivity index (χ4v) is 1.72. The van der Waals surface area contributed by atoms with Crippen molar-refractivity contribution in [3.63, 3.8) is 0 Å². The molecular weight excluding hydrogens is 250 g/mol. The molecule has 0 bridgehead atoms. The average molecular weight is 267 g/mol. The monoisotopic (exact) mass is 267 g/mol. The van der Waals surface area contributed by atoms with Crippen LogP contribution in [0, 0.1) is 0 Å². The van der Waals surface area contributed by atoms with Gasteiger partial charge in [-0.1, -0.05) is 0 Å². The van der Waals surface area contributed by atoms with E-state index in [0.29, 0.717) is 6.54 Å². The van der Waals surface area contributed by atoms with Crippen LogP contribution in [0.1, 0.15) is 0 Å². The second-order valence-electron chi connectivity index (χ2n) is 4.12. The number of hydrogen-bond acceptors (Lipinski definition) is 3. The summed E-state index contributed by atoms with van der Waals surface area (Å²) in [7, 11) is 0. The van der Waals surface area contributed by atoms with Gasteiger partial charge in [-0.25, -0.2) is 0 Å². The molecule has 0 aliphatic rings. The lowest BCUT2D eigenvalue weighted by Crippen LogP contribution is -1.97. The highest BCUT2D eigenvalue weighted by atomic mass is 16.3. The van der Waals surface area contributed by atoms with E-state index in [9.17, 15) is 0 Å². The fourth-order valence-electron chi connectivity index (χ4n) is 1.72. The zero-order valence-electron chi connectivity index (χ0n) is 11.1. The number of hydrogen-bond donors (Lipinski definition) is 1. The van der Waals surface area contributed by atoms with Gasteiger partial charge in [-0.15, -0.1) is 0 Å². The van der Waals surface area contributed by atoms with Crippen molar-refractivity contribution < 1.29 is 5.11 Å². The Hall–Kier alpha value is -2.46. The van der Waals surface area contributed by atoms with E-state index in [4.69, 9.17) is 5.11 Å². The molecule has 3 aromatic heterocycles. The Morgan fingerprint density at radius 1 is 0.800 bits per heavy atom. The third kappa shape index (κ3) is 4.33. The van der Waals surface area contributed by atoms with Gasteiger partial charge in [0, 0.05) is 43.7 Å². The Morgan fingerprint density at radius 2 is 1.25 bits per heavy atom. The zero-order valence-corrected chi connectivity index (χ0v) is 11.1. The normalized spacial score (nSPS) is 9.65. The van der Waals surface area contributed by atoms with Gasteiger partial charge in [0.1, 0.15) is 0 Å². The Labute approximate surface area is 118 Å². The third-order valence-corrected chi connectivity index (χ3v) is 2.72. The number of pyridine rings is 2. The van der Waals surface area contributed by atoms with Gasteiger partial charge >= 0.3 is 0 Å². The van der Waals surface area contributed by atoms with E-state index in [0.717, 1.165) is 0 Å². The van der Waals surface area contributed by atoms with E-state index in [1.54, 1.807) is 24.8 Å². The molecule has 0 spiro atoms. The predicted molar refractivity (Wildman–Crippen MR) is 79.0 cm³/mol. The minimum atomic E-state index is 0.217. The third-order valence-electron chi connectivity index (χ3n) is 2.72. The van der Waals surface area contributed by atoms with Crippen LogP contribution < -0.4 is 0 Å². The van der Waals surface area contributed by atoms with Crippen molar-refractivity contribution in [2.24, 2.45) is 0 Å². The maximum Gasteiger partial charge on any atom is 0.0610 e. The number of aromatic nitrogens is 3. The second kappa shape index (κ2) is 7.86. The van der Waals surface area contributed by atoms with Gasteiger partial charge < -0.3 is 9.67 Å². The molecule has 0 aliphatic heterocycles. The van der Waals surface area contributed by atoms with Crippen LogP contribution in [0.2, 0.25) is 0 Å². The molecule has 4 heteroatoms. The first-order valence-corrected chi connectivity index (χ1v) is 6.42. The number of aliphatic hydroxyl groups excluding tert-OH is 1. The molecular formula is C16H17N3O. The predicted octanol–water partition coefficient (Wildman–Crippen LogP) is 2.62. The molecule has 0 aromatic carbocycles. The van der Waals surface area contributed by atoms with Crippen molar-refractivity contribution in [3.05, 3.63) is 73.6 Å². The molecule has 20 heavy (non-hydrogen) atoms. The summed E-state index contributed by atoms with van der Waals surface area (Å²) in [6.07, 6.45) is 11.0. The van der Waals surface area contributed by atoms with Crippen LogP contribution in [-0.4, -0.2) is 26.2 Å². The van der Waals surface area contributed by atoms with E-state index < -0.39 is 0 Å². The van der Waals surface area contributed by atoms with Crippen molar-refractivity contribution in [1.82, 2.24) is 14.5 Å². The summed E-state index contributed by atoms with van der Waals surface area (Å²) in [5.41, 5.74) is 2.35. The molecule has 4 nitrogen and oxygen atoms in total. The van der Waals surface area contributed by atoms with Crippen molar-refractivity contribution in [2.45, 2.75) is 6.54 Å². The standard InChI is InChI=1S/C10H8N2.C6H9NO/c1-5-11-6-2-9(1)10-3-7-12-8-4-10;8-6-5-7-3-1-2-4-7/h1-8H;1-4,8H,5-6H2. The SMILES string of the molecule is OCCn1cccc1.c1cc(-c2ccncc2)ccn1. The van der Waals surface area contributed by atoms with Gasteiger partial charge in [-0.2, -0.15) is 0 Å². The smallest absolute Gasteiger partial charge is 0.0610 e. The minimum Gasteiger partial charge on any atom is -0.395 e. The molecule has 0 saturated carbocycles. The highest BCUT2D eigenvalue weighted by Gasteiger charge is 1.92. The van der Waals surface area contributed by atoms with Crippen LogP contribution in [0.25, 0.3) is 11.1 Å². The molecule has 3 heterocycles. The number of aliphatic hydroxyl groups is 1.